The van der Waals surface area contributed by atoms with Crippen molar-refractivity contribution < 1.29 is 13.6 Å². The molecule has 27 heavy (non-hydrogen) atoms. The average Bonchev–Trinajstić information content (AvgIpc) is 3.32. The molecule has 1 atom stereocenters. The van der Waals surface area contributed by atoms with E-state index in [1.54, 1.807) is 0 Å². The van der Waals surface area contributed by atoms with Crippen LogP contribution in [-0.2, 0) is 14.8 Å². The lowest BCUT2D eigenvalue weighted by Gasteiger charge is -2.19. The van der Waals surface area contributed by atoms with E-state index >= 15 is 0 Å². The lowest BCUT2D eigenvalue weighted by atomic mass is 10.1. The second kappa shape index (κ2) is 9.85. The zero-order valence-electron chi connectivity index (χ0n) is 15.6. The minimum Gasteiger partial charge on any atom is -0.338 e. The summed E-state index contributed by atoms with van der Waals surface area (Å²) in [4.78, 5) is 4.44. The van der Waals surface area contributed by atoms with Gasteiger partial charge < -0.3 is 9.05 Å². The van der Waals surface area contributed by atoms with E-state index in [-0.39, 0.29) is 6.04 Å². The Morgan fingerprint density at radius 2 is 2.04 bits per heavy atom. The largest absolute Gasteiger partial charge is 0.338 e. The summed E-state index contributed by atoms with van der Waals surface area (Å²) in [7, 11) is 0. The average molecular weight is 446 g/mol. The maximum atomic E-state index is 12.8. The van der Waals surface area contributed by atoms with Gasteiger partial charge in [0, 0.05) is 23.1 Å². The number of benzene rings is 1. The van der Waals surface area contributed by atoms with E-state index in [2.05, 4.69) is 27.4 Å². The number of rotatable bonds is 9. The standard InChI is InChI=1S/C17H24N3O3PS3/c1-4-22-24(21,20-12(2)3)27-11-15-18-16(19-23-15)13-5-7-14(8-6-13)17-25-9-10-26-17/h5-8,12,17H,4,9-11H2,1-3H3,(H,20,21)/t24-/m0/s1. The second-order valence-electron chi connectivity index (χ2n) is 6.18. The zero-order chi connectivity index (χ0) is 19.3. The van der Waals surface area contributed by atoms with Crippen LogP contribution in [0.15, 0.2) is 28.8 Å². The topological polar surface area (TPSA) is 77.2 Å². The molecule has 10 heteroatoms. The summed E-state index contributed by atoms with van der Waals surface area (Å²) in [5, 5.41) is 7.06. The summed E-state index contributed by atoms with van der Waals surface area (Å²) < 4.78 is 24.1. The van der Waals surface area contributed by atoms with Gasteiger partial charge in [-0.2, -0.15) is 4.98 Å². The molecule has 1 aromatic carbocycles. The Balaban J connectivity index is 1.63. The Morgan fingerprint density at radius 3 is 2.67 bits per heavy atom. The van der Waals surface area contributed by atoms with Crippen molar-refractivity contribution >= 4 is 41.6 Å². The molecule has 0 aliphatic carbocycles. The number of hydrogen-bond acceptors (Lipinski definition) is 8. The van der Waals surface area contributed by atoms with Crippen LogP contribution in [0.3, 0.4) is 0 Å². The highest BCUT2D eigenvalue weighted by atomic mass is 32.7. The molecule has 148 valence electrons. The van der Waals surface area contributed by atoms with Crippen LogP contribution in [0.2, 0.25) is 0 Å². The molecule has 1 fully saturated rings. The van der Waals surface area contributed by atoms with Crippen LogP contribution in [0, 0.1) is 0 Å². The van der Waals surface area contributed by atoms with Gasteiger partial charge in [0.2, 0.25) is 11.7 Å². The summed E-state index contributed by atoms with van der Waals surface area (Å²) in [6, 6.07) is 8.38. The van der Waals surface area contributed by atoms with Crippen molar-refractivity contribution in [2.45, 2.75) is 37.1 Å². The van der Waals surface area contributed by atoms with Gasteiger partial charge in [-0.15, -0.1) is 23.5 Å². The van der Waals surface area contributed by atoms with Crippen molar-refractivity contribution in [1.29, 1.82) is 0 Å². The lowest BCUT2D eigenvalue weighted by Crippen LogP contribution is -2.19. The lowest BCUT2D eigenvalue weighted by molar-refractivity contribution is 0.335. The van der Waals surface area contributed by atoms with Gasteiger partial charge in [-0.25, -0.2) is 5.09 Å². The normalized spacial score (nSPS) is 17.5. The third-order valence-corrected chi connectivity index (χ3v) is 10.9. The van der Waals surface area contributed by atoms with Crippen LogP contribution in [0.4, 0.5) is 0 Å². The molecule has 6 nitrogen and oxygen atoms in total. The van der Waals surface area contributed by atoms with Crippen molar-refractivity contribution in [2.75, 3.05) is 18.1 Å². The monoisotopic (exact) mass is 445 g/mol. The predicted octanol–water partition coefficient (Wildman–Crippen LogP) is 5.59. The van der Waals surface area contributed by atoms with Crippen LogP contribution in [0.1, 0.15) is 36.8 Å². The molecule has 1 aromatic heterocycles. The number of nitrogens with one attached hydrogen (secondary N) is 1. The molecule has 0 spiro atoms. The van der Waals surface area contributed by atoms with Gasteiger partial charge in [0.05, 0.1) is 16.9 Å². The summed E-state index contributed by atoms with van der Waals surface area (Å²) in [5.41, 5.74) is 2.24. The fourth-order valence-electron chi connectivity index (χ4n) is 2.51. The Bertz CT molecular complexity index is 779. The molecule has 1 N–H and O–H groups in total. The smallest absolute Gasteiger partial charge is 0.327 e. The minimum atomic E-state index is -2.99. The van der Waals surface area contributed by atoms with E-state index in [0.717, 1.165) is 5.56 Å². The molecule has 1 aliphatic heterocycles. The highest BCUT2D eigenvalue weighted by Crippen LogP contribution is 2.57. The van der Waals surface area contributed by atoms with E-state index in [1.807, 2.05) is 56.4 Å². The fourth-order valence-corrected chi connectivity index (χ4v) is 9.20. The number of hydrogen-bond donors (Lipinski definition) is 1. The molecule has 2 aromatic rings. The van der Waals surface area contributed by atoms with E-state index in [4.69, 9.17) is 9.05 Å². The van der Waals surface area contributed by atoms with Gasteiger partial charge >= 0.3 is 6.72 Å². The van der Waals surface area contributed by atoms with Crippen LogP contribution >= 0.6 is 41.6 Å². The first-order chi connectivity index (χ1) is 13.0. The van der Waals surface area contributed by atoms with Crippen molar-refractivity contribution in [3.63, 3.8) is 0 Å². The molecule has 0 amide bonds. The minimum absolute atomic E-state index is 0.0582. The zero-order valence-corrected chi connectivity index (χ0v) is 18.9. The van der Waals surface area contributed by atoms with Crippen LogP contribution in [-0.4, -0.2) is 34.3 Å². The Kier molecular flexibility index (Phi) is 7.76. The Hall–Kier alpha value is -0.440. The second-order valence-corrected chi connectivity index (χ2v) is 13.2. The molecular weight excluding hydrogens is 421 g/mol. The molecular formula is C17H24N3O3PS3. The highest BCUT2D eigenvalue weighted by Gasteiger charge is 2.26. The molecule has 0 bridgehead atoms. The van der Waals surface area contributed by atoms with Gasteiger partial charge in [0.25, 0.3) is 0 Å². The predicted molar refractivity (Wildman–Crippen MR) is 116 cm³/mol. The molecule has 1 aliphatic rings. The van der Waals surface area contributed by atoms with Gasteiger partial charge in [-0.1, -0.05) is 29.4 Å². The molecule has 2 heterocycles. The summed E-state index contributed by atoms with van der Waals surface area (Å²) in [6.07, 6.45) is 0. The first kappa shape index (κ1) is 21.3. The van der Waals surface area contributed by atoms with Gasteiger partial charge in [0.15, 0.2) is 0 Å². The third kappa shape index (κ3) is 6.02. The van der Waals surface area contributed by atoms with E-state index < -0.39 is 6.72 Å². The van der Waals surface area contributed by atoms with Crippen molar-refractivity contribution in [1.82, 2.24) is 15.2 Å². The van der Waals surface area contributed by atoms with Crippen molar-refractivity contribution in [3.05, 3.63) is 35.7 Å². The van der Waals surface area contributed by atoms with E-state index in [1.165, 1.54) is 28.5 Å². The molecule has 0 radical (unpaired) electrons. The molecule has 3 rings (SSSR count). The number of thioether (sulfide) groups is 2. The maximum Gasteiger partial charge on any atom is 0.327 e. The molecule has 1 saturated heterocycles. The molecule has 0 saturated carbocycles. The van der Waals surface area contributed by atoms with Crippen molar-refractivity contribution in [3.8, 4) is 11.4 Å². The third-order valence-electron chi connectivity index (χ3n) is 3.60. The quantitative estimate of drug-likeness (QED) is 0.497. The maximum absolute atomic E-state index is 12.8. The Labute approximate surface area is 172 Å². The van der Waals surface area contributed by atoms with Crippen LogP contribution < -0.4 is 5.09 Å². The Morgan fingerprint density at radius 1 is 1.33 bits per heavy atom. The van der Waals surface area contributed by atoms with Gasteiger partial charge in [-0.05, 0) is 37.7 Å². The first-order valence-electron chi connectivity index (χ1n) is 8.82. The molecule has 0 unspecified atom stereocenters. The fraction of sp³-hybridized carbons (Fsp3) is 0.529. The summed E-state index contributed by atoms with van der Waals surface area (Å²) in [5.74, 6) is 3.73. The summed E-state index contributed by atoms with van der Waals surface area (Å²) in [6.45, 7) is 3.08. The van der Waals surface area contributed by atoms with E-state index in [9.17, 15) is 4.57 Å². The summed E-state index contributed by atoms with van der Waals surface area (Å²) >= 11 is 5.15. The van der Waals surface area contributed by atoms with Crippen LogP contribution in [0.25, 0.3) is 11.4 Å². The number of nitrogens with zero attached hydrogens (tertiary/aromatic N) is 2. The van der Waals surface area contributed by atoms with E-state index in [0.29, 0.717) is 28.7 Å². The van der Waals surface area contributed by atoms with Crippen molar-refractivity contribution in [2.24, 2.45) is 0 Å². The van der Waals surface area contributed by atoms with Gasteiger partial charge in [-0.3, -0.25) is 4.57 Å². The van der Waals surface area contributed by atoms with Gasteiger partial charge in [0.1, 0.15) is 0 Å². The number of aromatic nitrogens is 2. The highest BCUT2D eigenvalue weighted by molar-refractivity contribution is 8.55. The van der Waals surface area contributed by atoms with Crippen LogP contribution in [0.5, 0.6) is 0 Å². The first-order valence-corrected chi connectivity index (χ1v) is 14.1. The SMILES string of the molecule is CCO[P@@](=O)(NC(C)C)SCc1nc(-c2ccc(C3SCCS3)cc2)no1.